The average molecular weight is 336 g/mol. The molecule has 1 saturated heterocycles. The summed E-state index contributed by atoms with van der Waals surface area (Å²) in [6.45, 7) is 0.627. The van der Waals surface area contributed by atoms with Gasteiger partial charge in [-0.25, -0.2) is 12.8 Å². The van der Waals surface area contributed by atoms with Crippen LogP contribution in [0.25, 0.3) is 0 Å². The van der Waals surface area contributed by atoms with Gasteiger partial charge in [-0.2, -0.15) is 4.31 Å². The van der Waals surface area contributed by atoms with Crippen molar-refractivity contribution >= 4 is 27.5 Å². The summed E-state index contributed by atoms with van der Waals surface area (Å²) in [5.41, 5.74) is 0. The number of nitrogens with one attached hydrogen (secondary N) is 2. The van der Waals surface area contributed by atoms with Gasteiger partial charge in [-0.3, -0.25) is 4.79 Å². The lowest BCUT2D eigenvalue weighted by Crippen LogP contribution is -2.59. The third-order valence-corrected chi connectivity index (χ3v) is 5.46. The van der Waals surface area contributed by atoms with Crippen LogP contribution in [0.3, 0.4) is 0 Å². The van der Waals surface area contributed by atoms with Gasteiger partial charge >= 0.3 is 0 Å². The van der Waals surface area contributed by atoms with Crippen LogP contribution in [0.2, 0.25) is 5.02 Å². The Bertz CT molecular complexity index is 653. The van der Waals surface area contributed by atoms with E-state index in [1.807, 2.05) is 0 Å². The van der Waals surface area contributed by atoms with E-state index < -0.39 is 32.7 Å². The Morgan fingerprint density at radius 2 is 2.24 bits per heavy atom. The fraction of sp³-hybridized carbons (Fsp3) is 0.417. The van der Waals surface area contributed by atoms with Crippen molar-refractivity contribution in [2.45, 2.75) is 10.9 Å². The average Bonchev–Trinajstić information content (AvgIpc) is 2.49. The molecule has 0 bridgehead atoms. The fourth-order valence-corrected chi connectivity index (χ4v) is 4.08. The van der Waals surface area contributed by atoms with Crippen molar-refractivity contribution in [3.8, 4) is 0 Å². The molecule has 116 valence electrons. The molecule has 21 heavy (non-hydrogen) atoms. The Labute approximate surface area is 127 Å². The number of hydrogen-bond donors (Lipinski definition) is 2. The van der Waals surface area contributed by atoms with E-state index in [1.54, 1.807) is 0 Å². The Morgan fingerprint density at radius 1 is 1.52 bits per heavy atom. The van der Waals surface area contributed by atoms with Crippen molar-refractivity contribution in [1.82, 2.24) is 14.9 Å². The summed E-state index contributed by atoms with van der Waals surface area (Å²) in [6, 6.07) is 2.84. The number of likely N-dealkylation sites (N-methyl/N-ethyl adjacent to an activating group) is 1. The molecule has 1 heterocycles. The molecule has 1 aliphatic heterocycles. The normalized spacial score (nSPS) is 20.2. The molecule has 0 radical (unpaired) electrons. The molecule has 6 nitrogen and oxygen atoms in total. The van der Waals surface area contributed by atoms with Gasteiger partial charge in [-0.05, 0) is 12.1 Å². The molecule has 0 saturated carbocycles. The summed E-state index contributed by atoms with van der Waals surface area (Å²) in [5, 5.41) is 5.08. The second-order valence-corrected chi connectivity index (χ2v) is 6.77. The van der Waals surface area contributed by atoms with Crippen molar-refractivity contribution in [1.29, 1.82) is 0 Å². The van der Waals surface area contributed by atoms with Crippen molar-refractivity contribution in [3.63, 3.8) is 0 Å². The predicted octanol–water partition coefficient (Wildman–Crippen LogP) is 0.188. The lowest BCUT2D eigenvalue weighted by molar-refractivity contribution is -0.124. The van der Waals surface area contributed by atoms with Crippen molar-refractivity contribution in [2.24, 2.45) is 0 Å². The van der Waals surface area contributed by atoms with Crippen LogP contribution in [0.5, 0.6) is 0 Å². The van der Waals surface area contributed by atoms with E-state index in [1.165, 1.54) is 19.2 Å². The van der Waals surface area contributed by atoms with Gasteiger partial charge in [0, 0.05) is 26.7 Å². The van der Waals surface area contributed by atoms with Crippen molar-refractivity contribution < 1.29 is 17.6 Å². The summed E-state index contributed by atoms with van der Waals surface area (Å²) in [7, 11) is -2.73. The van der Waals surface area contributed by atoms with Crippen LogP contribution in [0.15, 0.2) is 23.1 Å². The zero-order valence-corrected chi connectivity index (χ0v) is 12.8. The number of benzene rings is 1. The van der Waals surface area contributed by atoms with Gasteiger partial charge in [0.2, 0.25) is 15.9 Å². The van der Waals surface area contributed by atoms with E-state index >= 15 is 0 Å². The highest BCUT2D eigenvalue weighted by atomic mass is 35.5. The van der Waals surface area contributed by atoms with Gasteiger partial charge < -0.3 is 10.6 Å². The molecule has 0 aliphatic carbocycles. The number of hydrogen-bond acceptors (Lipinski definition) is 4. The van der Waals surface area contributed by atoms with Crippen LogP contribution in [-0.4, -0.2) is 51.4 Å². The van der Waals surface area contributed by atoms with Gasteiger partial charge in [-0.15, -0.1) is 0 Å². The first-order valence-corrected chi connectivity index (χ1v) is 8.09. The fourth-order valence-electron chi connectivity index (χ4n) is 2.17. The van der Waals surface area contributed by atoms with Crippen LogP contribution in [0.1, 0.15) is 0 Å². The number of sulfonamides is 1. The van der Waals surface area contributed by atoms with Crippen molar-refractivity contribution in [2.75, 3.05) is 26.7 Å². The highest BCUT2D eigenvalue weighted by molar-refractivity contribution is 7.89. The molecule has 9 heteroatoms. The molecule has 1 aromatic rings. The number of nitrogens with zero attached hydrogens (tertiary/aromatic N) is 1. The second kappa shape index (κ2) is 6.27. The molecule has 2 N–H and O–H groups in total. The van der Waals surface area contributed by atoms with Crippen LogP contribution in [0.4, 0.5) is 4.39 Å². The maximum atomic E-state index is 14.0. The topological polar surface area (TPSA) is 78.5 Å². The van der Waals surface area contributed by atoms with Gasteiger partial charge in [0.1, 0.15) is 10.9 Å². The second-order valence-electron chi connectivity index (χ2n) is 4.50. The highest BCUT2D eigenvalue weighted by Crippen LogP contribution is 2.26. The zero-order chi connectivity index (χ0) is 15.6. The first-order valence-electron chi connectivity index (χ1n) is 6.27. The lowest BCUT2D eigenvalue weighted by Gasteiger charge is -2.33. The summed E-state index contributed by atoms with van der Waals surface area (Å²) in [6.07, 6.45) is 0. The minimum atomic E-state index is -4.15. The van der Waals surface area contributed by atoms with E-state index in [4.69, 9.17) is 11.6 Å². The Hall–Kier alpha value is -1.22. The Morgan fingerprint density at radius 3 is 2.90 bits per heavy atom. The summed E-state index contributed by atoms with van der Waals surface area (Å²) in [4.78, 5) is 11.3. The van der Waals surface area contributed by atoms with E-state index in [-0.39, 0.29) is 18.1 Å². The third-order valence-electron chi connectivity index (χ3n) is 3.25. The minimum absolute atomic E-state index is 0.0758. The van der Waals surface area contributed by atoms with Gasteiger partial charge in [-0.1, -0.05) is 17.7 Å². The minimum Gasteiger partial charge on any atom is -0.358 e. The number of rotatable bonds is 3. The number of carbonyl (C=O) groups is 1. The smallest absolute Gasteiger partial charge is 0.246 e. The third kappa shape index (κ3) is 3.03. The largest absolute Gasteiger partial charge is 0.358 e. The number of piperazine rings is 1. The molecule has 0 spiro atoms. The molecule has 1 unspecified atom stereocenters. The van der Waals surface area contributed by atoms with E-state index in [9.17, 15) is 17.6 Å². The molecule has 2 rings (SSSR count). The van der Waals surface area contributed by atoms with Crippen molar-refractivity contribution in [3.05, 3.63) is 29.0 Å². The van der Waals surface area contributed by atoms with E-state index in [0.29, 0.717) is 6.54 Å². The predicted molar refractivity (Wildman–Crippen MR) is 76.0 cm³/mol. The quantitative estimate of drug-likeness (QED) is 0.826. The van der Waals surface area contributed by atoms with Crippen LogP contribution in [0, 0.1) is 5.82 Å². The number of carbonyl (C=O) groups excluding carboxylic acids is 1. The molecule has 1 aliphatic rings. The lowest BCUT2D eigenvalue weighted by atomic mass is 10.2. The standard InChI is InChI=1S/C12H15ClFN3O3S/c1-15-12(18)9-7-16-5-6-17(9)21(19,20)10-4-2-3-8(13)11(10)14/h2-4,9,16H,5-7H2,1H3,(H,15,18). The molecule has 1 amide bonds. The van der Waals surface area contributed by atoms with Gasteiger partial charge in [0.25, 0.3) is 0 Å². The first-order chi connectivity index (χ1) is 9.89. The zero-order valence-electron chi connectivity index (χ0n) is 11.3. The van der Waals surface area contributed by atoms with Crippen LogP contribution >= 0.6 is 11.6 Å². The summed E-state index contributed by atoms with van der Waals surface area (Å²) >= 11 is 5.64. The Kier molecular flexibility index (Phi) is 4.82. The van der Waals surface area contributed by atoms with E-state index in [2.05, 4.69) is 10.6 Å². The molecule has 0 aromatic heterocycles. The number of halogens is 2. The van der Waals surface area contributed by atoms with Gasteiger partial charge in [0.05, 0.1) is 5.02 Å². The van der Waals surface area contributed by atoms with Crippen LogP contribution < -0.4 is 10.6 Å². The maximum absolute atomic E-state index is 14.0. The molecule has 1 atom stereocenters. The summed E-state index contributed by atoms with van der Waals surface area (Å²) < 4.78 is 40.2. The molecular formula is C12H15ClFN3O3S. The number of amides is 1. The Balaban J connectivity index is 2.46. The summed E-state index contributed by atoms with van der Waals surface area (Å²) in [5.74, 6) is -1.46. The molecule has 1 aromatic carbocycles. The molecule has 1 fully saturated rings. The maximum Gasteiger partial charge on any atom is 0.246 e. The van der Waals surface area contributed by atoms with Crippen LogP contribution in [-0.2, 0) is 14.8 Å². The highest BCUT2D eigenvalue weighted by Gasteiger charge is 2.38. The molecular weight excluding hydrogens is 321 g/mol. The van der Waals surface area contributed by atoms with Gasteiger partial charge in [0.15, 0.2) is 5.82 Å². The van der Waals surface area contributed by atoms with E-state index in [0.717, 1.165) is 10.4 Å². The SMILES string of the molecule is CNC(=O)C1CNCCN1S(=O)(=O)c1cccc(Cl)c1F. The first kappa shape index (κ1) is 16.2. The monoisotopic (exact) mass is 335 g/mol.